The third-order valence-corrected chi connectivity index (χ3v) is 4.38. The van der Waals surface area contributed by atoms with Crippen molar-refractivity contribution in [2.75, 3.05) is 19.8 Å². The van der Waals surface area contributed by atoms with E-state index in [9.17, 15) is 4.79 Å². The first kappa shape index (κ1) is 16.9. The number of amides is 1. The molecule has 24 heavy (non-hydrogen) atoms. The minimum Gasteiger partial charge on any atom is -0.376 e. The van der Waals surface area contributed by atoms with Gasteiger partial charge >= 0.3 is 0 Å². The first-order valence-corrected chi connectivity index (χ1v) is 8.52. The van der Waals surface area contributed by atoms with E-state index in [0.29, 0.717) is 25.4 Å². The van der Waals surface area contributed by atoms with Gasteiger partial charge in [-0.05, 0) is 44.0 Å². The summed E-state index contributed by atoms with van der Waals surface area (Å²) in [5, 5.41) is 3.96. The van der Waals surface area contributed by atoms with Crippen molar-refractivity contribution >= 4 is 16.8 Å². The lowest BCUT2D eigenvalue weighted by Crippen LogP contribution is -2.43. The molecule has 2 aromatic rings. The van der Waals surface area contributed by atoms with Crippen molar-refractivity contribution in [2.24, 2.45) is 0 Å². The van der Waals surface area contributed by atoms with Gasteiger partial charge in [0.15, 0.2) is 0 Å². The number of nitrogens with one attached hydrogen (secondary N) is 1. The summed E-state index contributed by atoms with van der Waals surface area (Å²) in [6, 6.07) is 7.84. The monoisotopic (exact) mass is 328 g/mol. The second kappa shape index (κ2) is 7.28. The molecule has 1 amide bonds. The van der Waals surface area contributed by atoms with E-state index in [-0.39, 0.29) is 18.1 Å². The van der Waals surface area contributed by atoms with Crippen molar-refractivity contribution < 1.29 is 14.3 Å². The summed E-state index contributed by atoms with van der Waals surface area (Å²) < 4.78 is 11.1. The summed E-state index contributed by atoms with van der Waals surface area (Å²) in [6.07, 6.45) is 0.840. The summed E-state index contributed by atoms with van der Waals surface area (Å²) in [7, 11) is 0. The number of rotatable bonds is 5. The van der Waals surface area contributed by atoms with Crippen molar-refractivity contribution in [1.82, 2.24) is 10.3 Å². The molecule has 1 N–H and O–H groups in total. The standard InChI is InChI=1S/C19H24N2O3/c1-4-13-6-7-16-14(9-13)15(8-12(3)20-16)19(22)21-17-10-23-11-18(17)24-5-2/h6-9,17-18H,4-5,10-11H2,1-3H3,(H,21,22)/t17-,18-/m0/s1. The van der Waals surface area contributed by atoms with Gasteiger partial charge in [-0.3, -0.25) is 9.78 Å². The van der Waals surface area contributed by atoms with E-state index >= 15 is 0 Å². The highest BCUT2D eigenvalue weighted by atomic mass is 16.5. The average Bonchev–Trinajstić information content (AvgIpc) is 3.01. The fourth-order valence-electron chi connectivity index (χ4n) is 3.11. The third kappa shape index (κ3) is 3.42. The number of benzene rings is 1. The van der Waals surface area contributed by atoms with E-state index < -0.39 is 0 Å². The maximum Gasteiger partial charge on any atom is 0.252 e. The minimum absolute atomic E-state index is 0.0839. The Morgan fingerprint density at radius 3 is 2.92 bits per heavy atom. The Kier molecular flexibility index (Phi) is 5.11. The van der Waals surface area contributed by atoms with Crippen molar-refractivity contribution in [2.45, 2.75) is 39.3 Å². The quantitative estimate of drug-likeness (QED) is 0.916. The summed E-state index contributed by atoms with van der Waals surface area (Å²) in [6.45, 7) is 7.57. The van der Waals surface area contributed by atoms with Crippen LogP contribution in [0.5, 0.6) is 0 Å². The highest BCUT2D eigenvalue weighted by Crippen LogP contribution is 2.21. The first-order chi connectivity index (χ1) is 11.6. The summed E-state index contributed by atoms with van der Waals surface area (Å²) in [5.74, 6) is -0.0982. The number of nitrogens with zero attached hydrogens (tertiary/aromatic N) is 1. The lowest BCUT2D eigenvalue weighted by Gasteiger charge is -2.19. The molecular formula is C19H24N2O3. The summed E-state index contributed by atoms with van der Waals surface area (Å²) >= 11 is 0. The van der Waals surface area contributed by atoms with Crippen LogP contribution in [0.1, 0.15) is 35.5 Å². The van der Waals surface area contributed by atoms with Crippen LogP contribution in [-0.2, 0) is 15.9 Å². The number of hydrogen-bond acceptors (Lipinski definition) is 4. The van der Waals surface area contributed by atoms with Gasteiger partial charge in [-0.1, -0.05) is 13.0 Å². The maximum atomic E-state index is 12.9. The average molecular weight is 328 g/mol. The Balaban J connectivity index is 1.91. The molecule has 0 bridgehead atoms. The lowest BCUT2D eigenvalue weighted by molar-refractivity contribution is 0.0402. The van der Waals surface area contributed by atoms with Crippen molar-refractivity contribution in [3.8, 4) is 0 Å². The number of fused-ring (bicyclic) bond motifs is 1. The van der Waals surface area contributed by atoms with Gasteiger partial charge in [-0.2, -0.15) is 0 Å². The number of carbonyl (C=O) groups is 1. The molecule has 0 saturated carbocycles. The molecule has 1 fully saturated rings. The Morgan fingerprint density at radius 1 is 1.33 bits per heavy atom. The molecule has 1 aliphatic heterocycles. The van der Waals surface area contributed by atoms with Crippen LogP contribution in [0.15, 0.2) is 24.3 Å². The predicted molar refractivity (Wildman–Crippen MR) is 93.3 cm³/mol. The third-order valence-electron chi connectivity index (χ3n) is 4.38. The molecule has 5 heteroatoms. The number of ether oxygens (including phenoxy) is 2. The molecule has 1 aliphatic rings. The Labute approximate surface area is 142 Å². The largest absolute Gasteiger partial charge is 0.376 e. The molecule has 2 heterocycles. The first-order valence-electron chi connectivity index (χ1n) is 8.52. The van der Waals surface area contributed by atoms with Gasteiger partial charge in [0, 0.05) is 17.7 Å². The van der Waals surface area contributed by atoms with Gasteiger partial charge in [0.05, 0.1) is 30.3 Å². The highest BCUT2D eigenvalue weighted by Gasteiger charge is 2.30. The second-order valence-electron chi connectivity index (χ2n) is 6.13. The lowest BCUT2D eigenvalue weighted by atomic mass is 10.0. The SMILES string of the molecule is CCO[C@H]1COC[C@@H]1NC(=O)c1cc(C)nc2ccc(CC)cc12. The molecule has 0 unspecified atom stereocenters. The molecule has 1 saturated heterocycles. The van der Waals surface area contributed by atoms with Gasteiger partial charge in [0.2, 0.25) is 0 Å². The molecular weight excluding hydrogens is 304 g/mol. The van der Waals surface area contributed by atoms with Crippen LogP contribution in [0.25, 0.3) is 10.9 Å². The molecule has 0 spiro atoms. The fourth-order valence-corrected chi connectivity index (χ4v) is 3.11. The predicted octanol–water partition coefficient (Wildman–Crippen LogP) is 2.64. The second-order valence-corrected chi connectivity index (χ2v) is 6.13. The van der Waals surface area contributed by atoms with Crippen molar-refractivity contribution in [3.05, 3.63) is 41.1 Å². The molecule has 128 valence electrons. The van der Waals surface area contributed by atoms with E-state index in [1.54, 1.807) is 0 Å². The number of carbonyl (C=O) groups excluding carboxylic acids is 1. The Bertz CT molecular complexity index is 745. The van der Waals surface area contributed by atoms with Crippen LogP contribution >= 0.6 is 0 Å². The van der Waals surface area contributed by atoms with E-state index in [2.05, 4.69) is 29.4 Å². The zero-order chi connectivity index (χ0) is 17.1. The van der Waals surface area contributed by atoms with E-state index in [4.69, 9.17) is 9.47 Å². The number of aromatic nitrogens is 1. The van der Waals surface area contributed by atoms with Gasteiger partial charge < -0.3 is 14.8 Å². The Morgan fingerprint density at radius 2 is 2.17 bits per heavy atom. The number of hydrogen-bond donors (Lipinski definition) is 1. The summed E-state index contributed by atoms with van der Waals surface area (Å²) in [4.78, 5) is 17.4. The van der Waals surface area contributed by atoms with Crippen LogP contribution in [-0.4, -0.2) is 42.9 Å². The van der Waals surface area contributed by atoms with Crippen LogP contribution in [0.4, 0.5) is 0 Å². The van der Waals surface area contributed by atoms with Gasteiger partial charge in [0.25, 0.3) is 5.91 Å². The molecule has 0 radical (unpaired) electrons. The maximum absolute atomic E-state index is 12.9. The Hall–Kier alpha value is -1.98. The van der Waals surface area contributed by atoms with Gasteiger partial charge in [0.1, 0.15) is 6.10 Å². The van der Waals surface area contributed by atoms with E-state index in [1.807, 2.05) is 26.0 Å². The van der Waals surface area contributed by atoms with Crippen molar-refractivity contribution in [1.29, 1.82) is 0 Å². The van der Waals surface area contributed by atoms with E-state index in [1.165, 1.54) is 5.56 Å². The van der Waals surface area contributed by atoms with Gasteiger partial charge in [-0.25, -0.2) is 0 Å². The van der Waals surface area contributed by atoms with Crippen molar-refractivity contribution in [3.63, 3.8) is 0 Å². The summed E-state index contributed by atoms with van der Waals surface area (Å²) in [5.41, 5.74) is 3.54. The molecule has 2 atom stereocenters. The van der Waals surface area contributed by atoms with Crippen LogP contribution < -0.4 is 5.32 Å². The smallest absolute Gasteiger partial charge is 0.252 e. The minimum atomic E-state index is -0.115. The number of aryl methyl sites for hydroxylation is 2. The highest BCUT2D eigenvalue weighted by molar-refractivity contribution is 6.06. The molecule has 5 nitrogen and oxygen atoms in total. The zero-order valence-electron chi connectivity index (χ0n) is 14.5. The molecule has 1 aromatic heterocycles. The molecule has 3 rings (SSSR count). The van der Waals surface area contributed by atoms with Crippen LogP contribution in [0, 0.1) is 6.92 Å². The van der Waals surface area contributed by atoms with Crippen LogP contribution in [0.3, 0.4) is 0 Å². The topological polar surface area (TPSA) is 60.5 Å². The van der Waals surface area contributed by atoms with Crippen LogP contribution in [0.2, 0.25) is 0 Å². The zero-order valence-corrected chi connectivity index (χ0v) is 14.5. The van der Waals surface area contributed by atoms with Gasteiger partial charge in [-0.15, -0.1) is 0 Å². The number of pyridine rings is 1. The normalized spacial score (nSPS) is 20.5. The molecule has 1 aromatic carbocycles. The fraction of sp³-hybridized carbons (Fsp3) is 0.474. The molecule has 0 aliphatic carbocycles. The van der Waals surface area contributed by atoms with E-state index in [0.717, 1.165) is 23.0 Å².